The number of rotatable bonds is 2. The second kappa shape index (κ2) is 5.45. The predicted octanol–water partition coefficient (Wildman–Crippen LogP) is 3.46. The van der Waals surface area contributed by atoms with E-state index in [1.54, 1.807) is 42.7 Å². The number of pyridine rings is 1. The molecule has 0 unspecified atom stereocenters. The Kier molecular flexibility index (Phi) is 3.72. The van der Waals surface area contributed by atoms with Crippen LogP contribution in [-0.2, 0) is 0 Å². The van der Waals surface area contributed by atoms with Gasteiger partial charge in [0.2, 0.25) is 0 Å². The van der Waals surface area contributed by atoms with E-state index >= 15 is 0 Å². The van der Waals surface area contributed by atoms with Gasteiger partial charge in [-0.15, -0.1) is 0 Å². The Labute approximate surface area is 107 Å². The largest absolute Gasteiger partial charge is 0.417 e. The van der Waals surface area contributed by atoms with Crippen LogP contribution in [0.1, 0.15) is 0 Å². The molecule has 0 spiro atoms. The molecule has 5 heteroatoms. The second-order valence-electron chi connectivity index (χ2n) is 3.21. The number of carbonyl (C=O) groups excluding carboxylic acids is 1. The Morgan fingerprint density at radius 1 is 1.29 bits per heavy atom. The molecule has 2 rings (SSSR count). The zero-order valence-corrected chi connectivity index (χ0v) is 10.3. The fourth-order valence-electron chi connectivity index (χ4n) is 1.22. The lowest BCUT2D eigenvalue weighted by molar-refractivity contribution is 0.215. The minimum Gasteiger partial charge on any atom is -0.410 e. The average Bonchev–Trinajstić information content (AvgIpc) is 2.30. The zero-order valence-electron chi connectivity index (χ0n) is 8.76. The number of ether oxygens (including phenoxy) is 1. The number of anilines is 1. The summed E-state index contributed by atoms with van der Waals surface area (Å²) in [5.74, 6) is 0.473. The molecule has 0 fully saturated rings. The number of halogens is 1. The van der Waals surface area contributed by atoms with Gasteiger partial charge in [0, 0.05) is 10.7 Å². The van der Waals surface area contributed by atoms with Crippen LogP contribution < -0.4 is 10.1 Å². The van der Waals surface area contributed by atoms with Gasteiger partial charge in [-0.3, -0.25) is 10.3 Å². The summed E-state index contributed by atoms with van der Waals surface area (Å²) in [6.45, 7) is 0. The van der Waals surface area contributed by atoms with Crippen LogP contribution >= 0.6 is 15.9 Å². The van der Waals surface area contributed by atoms with E-state index < -0.39 is 6.09 Å². The fourth-order valence-corrected chi connectivity index (χ4v) is 1.60. The Balaban J connectivity index is 1.98. The molecule has 4 nitrogen and oxygen atoms in total. The van der Waals surface area contributed by atoms with Crippen molar-refractivity contribution in [1.29, 1.82) is 0 Å². The van der Waals surface area contributed by atoms with E-state index in [9.17, 15) is 4.79 Å². The normalized spacial score (nSPS) is 9.71. The van der Waals surface area contributed by atoms with Crippen molar-refractivity contribution >= 4 is 27.7 Å². The number of aromatic nitrogens is 1. The Hall–Kier alpha value is -1.88. The van der Waals surface area contributed by atoms with Crippen molar-refractivity contribution < 1.29 is 9.53 Å². The fraction of sp³-hybridized carbons (Fsp3) is 0. The van der Waals surface area contributed by atoms with Gasteiger partial charge in [-0.1, -0.05) is 22.0 Å². The van der Waals surface area contributed by atoms with E-state index in [4.69, 9.17) is 4.74 Å². The summed E-state index contributed by atoms with van der Waals surface area (Å²) in [7, 11) is 0. The summed E-state index contributed by atoms with van der Waals surface area (Å²) >= 11 is 3.30. The van der Waals surface area contributed by atoms with E-state index in [2.05, 4.69) is 26.2 Å². The molecule has 0 aliphatic heterocycles. The summed E-state index contributed by atoms with van der Waals surface area (Å²) in [4.78, 5) is 15.4. The van der Waals surface area contributed by atoms with Crippen LogP contribution in [0.25, 0.3) is 0 Å². The molecular formula is C12H9BrN2O2. The van der Waals surface area contributed by atoms with Crippen molar-refractivity contribution in [1.82, 2.24) is 4.98 Å². The van der Waals surface area contributed by atoms with Crippen LogP contribution in [0.5, 0.6) is 5.75 Å². The van der Waals surface area contributed by atoms with Crippen molar-refractivity contribution in [3.05, 3.63) is 53.3 Å². The van der Waals surface area contributed by atoms with Crippen molar-refractivity contribution in [3.8, 4) is 5.75 Å². The second-order valence-corrected chi connectivity index (χ2v) is 4.13. The third-order valence-electron chi connectivity index (χ3n) is 1.91. The van der Waals surface area contributed by atoms with Crippen LogP contribution in [0.4, 0.5) is 10.5 Å². The third kappa shape index (κ3) is 3.57. The molecule has 1 aromatic carbocycles. The first-order valence-electron chi connectivity index (χ1n) is 4.88. The van der Waals surface area contributed by atoms with Gasteiger partial charge in [0.15, 0.2) is 0 Å². The molecule has 2 aromatic rings. The molecule has 0 aliphatic carbocycles. The van der Waals surface area contributed by atoms with Crippen molar-refractivity contribution in [3.63, 3.8) is 0 Å². The molecule has 0 radical (unpaired) electrons. The first-order chi connectivity index (χ1) is 8.24. The standard InChI is InChI=1S/C12H9BrN2O2/c13-9-3-1-5-11(7-9)17-12(16)15-10-4-2-6-14-8-10/h1-8H,(H,15,16). The highest BCUT2D eigenvalue weighted by molar-refractivity contribution is 9.10. The number of nitrogens with one attached hydrogen (secondary N) is 1. The number of hydrogen-bond acceptors (Lipinski definition) is 3. The topological polar surface area (TPSA) is 51.2 Å². The monoisotopic (exact) mass is 292 g/mol. The van der Waals surface area contributed by atoms with Gasteiger partial charge < -0.3 is 4.74 Å². The Morgan fingerprint density at radius 2 is 2.18 bits per heavy atom. The van der Waals surface area contributed by atoms with E-state index in [1.165, 1.54) is 0 Å². The summed E-state index contributed by atoms with van der Waals surface area (Å²) < 4.78 is 5.94. The summed E-state index contributed by atoms with van der Waals surface area (Å²) in [5, 5.41) is 2.57. The highest BCUT2D eigenvalue weighted by atomic mass is 79.9. The van der Waals surface area contributed by atoms with Crippen molar-refractivity contribution in [2.24, 2.45) is 0 Å². The summed E-state index contributed by atoms with van der Waals surface area (Å²) in [6.07, 6.45) is 2.63. The quantitative estimate of drug-likeness (QED) is 0.922. The number of hydrogen-bond donors (Lipinski definition) is 1. The summed E-state index contributed by atoms with van der Waals surface area (Å²) in [6, 6.07) is 10.5. The van der Waals surface area contributed by atoms with Gasteiger partial charge in [0.25, 0.3) is 0 Å². The smallest absolute Gasteiger partial charge is 0.410 e. The number of nitrogens with zero attached hydrogens (tertiary/aromatic N) is 1. The van der Waals surface area contributed by atoms with E-state index in [-0.39, 0.29) is 0 Å². The maximum Gasteiger partial charge on any atom is 0.417 e. The Bertz CT molecular complexity index is 517. The van der Waals surface area contributed by atoms with Crippen molar-refractivity contribution in [2.45, 2.75) is 0 Å². The van der Waals surface area contributed by atoms with Gasteiger partial charge in [0.05, 0.1) is 11.9 Å². The van der Waals surface area contributed by atoms with Crippen LogP contribution in [0.3, 0.4) is 0 Å². The average molecular weight is 293 g/mol. The molecule has 1 N–H and O–H groups in total. The molecule has 86 valence electrons. The first kappa shape index (κ1) is 11.6. The molecule has 17 heavy (non-hydrogen) atoms. The molecule has 0 aliphatic rings. The lowest BCUT2D eigenvalue weighted by Gasteiger charge is -2.06. The molecule has 0 saturated carbocycles. The van der Waals surface area contributed by atoms with E-state index in [1.807, 2.05) is 6.07 Å². The number of carbonyl (C=O) groups is 1. The van der Waals surface area contributed by atoms with Gasteiger partial charge in [-0.25, -0.2) is 4.79 Å². The van der Waals surface area contributed by atoms with Crippen LogP contribution in [0, 0.1) is 0 Å². The molecular weight excluding hydrogens is 284 g/mol. The lowest BCUT2D eigenvalue weighted by atomic mass is 10.3. The molecule has 0 atom stereocenters. The molecule has 0 saturated heterocycles. The van der Waals surface area contributed by atoms with Gasteiger partial charge in [-0.05, 0) is 30.3 Å². The summed E-state index contributed by atoms with van der Waals surface area (Å²) in [5.41, 5.74) is 0.590. The van der Waals surface area contributed by atoms with E-state index in [0.717, 1.165) is 4.47 Å². The van der Waals surface area contributed by atoms with Crippen LogP contribution in [0.15, 0.2) is 53.3 Å². The number of benzene rings is 1. The minimum absolute atomic E-state index is 0.473. The first-order valence-corrected chi connectivity index (χ1v) is 5.68. The number of amides is 1. The highest BCUT2D eigenvalue weighted by Gasteiger charge is 2.04. The predicted molar refractivity (Wildman–Crippen MR) is 68.0 cm³/mol. The van der Waals surface area contributed by atoms with Gasteiger partial charge in [0.1, 0.15) is 5.75 Å². The minimum atomic E-state index is -0.545. The highest BCUT2D eigenvalue weighted by Crippen LogP contribution is 2.18. The third-order valence-corrected chi connectivity index (χ3v) is 2.41. The Morgan fingerprint density at radius 3 is 2.88 bits per heavy atom. The lowest BCUT2D eigenvalue weighted by Crippen LogP contribution is -2.16. The maximum atomic E-state index is 11.5. The van der Waals surface area contributed by atoms with Crippen LogP contribution in [0.2, 0.25) is 0 Å². The van der Waals surface area contributed by atoms with Gasteiger partial charge in [-0.2, -0.15) is 0 Å². The maximum absolute atomic E-state index is 11.5. The molecule has 1 amide bonds. The van der Waals surface area contributed by atoms with Crippen LogP contribution in [-0.4, -0.2) is 11.1 Å². The molecule has 1 aromatic heterocycles. The zero-order chi connectivity index (χ0) is 12.1. The van der Waals surface area contributed by atoms with Gasteiger partial charge >= 0.3 is 6.09 Å². The molecule has 0 bridgehead atoms. The van der Waals surface area contributed by atoms with E-state index in [0.29, 0.717) is 11.4 Å². The molecule has 1 heterocycles. The van der Waals surface area contributed by atoms with Crippen molar-refractivity contribution in [2.75, 3.05) is 5.32 Å². The SMILES string of the molecule is O=C(Nc1cccnc1)Oc1cccc(Br)c1.